The van der Waals surface area contributed by atoms with E-state index in [4.69, 9.17) is 5.11 Å². The summed E-state index contributed by atoms with van der Waals surface area (Å²) in [7, 11) is 0. The normalized spacial score (nSPS) is 12.1. The summed E-state index contributed by atoms with van der Waals surface area (Å²) in [6.45, 7) is 0. The summed E-state index contributed by atoms with van der Waals surface area (Å²) in [5, 5.41) is 17.7. The van der Waals surface area contributed by atoms with E-state index in [1.54, 1.807) is 0 Å². The van der Waals surface area contributed by atoms with Crippen LogP contribution in [0.25, 0.3) is 0 Å². The summed E-state index contributed by atoms with van der Waals surface area (Å²) >= 11 is 0. The van der Waals surface area contributed by atoms with E-state index in [1.165, 1.54) is 24.3 Å². The van der Waals surface area contributed by atoms with E-state index in [-0.39, 0.29) is 12.2 Å². The van der Waals surface area contributed by atoms with Crippen molar-refractivity contribution in [1.29, 1.82) is 0 Å². The van der Waals surface area contributed by atoms with Crippen molar-refractivity contribution in [3.8, 4) is 0 Å². The predicted molar refractivity (Wildman–Crippen MR) is 72.1 cm³/mol. The summed E-state index contributed by atoms with van der Waals surface area (Å²) < 4.78 is 12.8. The van der Waals surface area contributed by atoms with Crippen LogP contribution >= 0.6 is 0 Å². The predicted octanol–water partition coefficient (Wildman–Crippen LogP) is 3.42. The van der Waals surface area contributed by atoms with Crippen molar-refractivity contribution in [2.75, 3.05) is 0 Å². The lowest BCUT2D eigenvalue weighted by atomic mass is 9.93. The molecule has 0 radical (unpaired) electrons. The third kappa shape index (κ3) is 5.82. The highest BCUT2D eigenvalue weighted by atomic mass is 19.1. The van der Waals surface area contributed by atoms with Crippen LogP contribution in [0, 0.1) is 5.82 Å². The van der Waals surface area contributed by atoms with Crippen molar-refractivity contribution in [1.82, 2.24) is 0 Å². The molecule has 110 valence electrons. The Labute approximate surface area is 117 Å². The molecule has 4 nitrogen and oxygen atoms in total. The van der Waals surface area contributed by atoms with E-state index in [0.29, 0.717) is 24.8 Å². The molecule has 0 aliphatic carbocycles. The number of hydrogen-bond donors (Lipinski definition) is 2. The maximum Gasteiger partial charge on any atom is 0.310 e. The zero-order chi connectivity index (χ0) is 15.0. The summed E-state index contributed by atoms with van der Waals surface area (Å²) in [6, 6.07) is 5.52. The molecule has 0 saturated carbocycles. The van der Waals surface area contributed by atoms with E-state index < -0.39 is 17.9 Å². The molecule has 0 aliphatic rings. The highest BCUT2D eigenvalue weighted by molar-refractivity contribution is 5.76. The van der Waals surface area contributed by atoms with Crippen LogP contribution in [0.5, 0.6) is 0 Å². The van der Waals surface area contributed by atoms with Gasteiger partial charge in [-0.2, -0.15) is 0 Å². The van der Waals surface area contributed by atoms with Crippen molar-refractivity contribution < 1.29 is 24.2 Å². The number of carboxylic acids is 2. The van der Waals surface area contributed by atoms with Gasteiger partial charge in [-0.1, -0.05) is 31.4 Å². The van der Waals surface area contributed by atoms with E-state index in [0.717, 1.165) is 12.8 Å². The minimum Gasteiger partial charge on any atom is -0.481 e. The molecule has 1 aromatic carbocycles. The van der Waals surface area contributed by atoms with Gasteiger partial charge in [0.2, 0.25) is 0 Å². The topological polar surface area (TPSA) is 74.6 Å². The monoisotopic (exact) mass is 282 g/mol. The number of unbranched alkanes of at least 4 members (excludes halogenated alkanes) is 3. The summed E-state index contributed by atoms with van der Waals surface area (Å²) in [6.07, 6.45) is 3.55. The van der Waals surface area contributed by atoms with Crippen LogP contribution in [-0.4, -0.2) is 22.2 Å². The Morgan fingerprint density at radius 2 is 1.60 bits per heavy atom. The SMILES string of the molecule is O=C(O)CCCCCCC(C(=O)O)c1ccc(F)cc1. The molecule has 1 unspecified atom stereocenters. The lowest BCUT2D eigenvalue weighted by Gasteiger charge is -2.12. The number of benzene rings is 1. The van der Waals surface area contributed by atoms with Crippen molar-refractivity contribution in [2.45, 2.75) is 44.4 Å². The zero-order valence-corrected chi connectivity index (χ0v) is 11.2. The van der Waals surface area contributed by atoms with Crippen molar-refractivity contribution in [3.63, 3.8) is 0 Å². The van der Waals surface area contributed by atoms with Gasteiger partial charge in [0.1, 0.15) is 5.82 Å². The van der Waals surface area contributed by atoms with Crippen LogP contribution in [0.2, 0.25) is 0 Å². The average molecular weight is 282 g/mol. The van der Waals surface area contributed by atoms with Crippen molar-refractivity contribution in [3.05, 3.63) is 35.6 Å². The quantitative estimate of drug-likeness (QED) is 0.680. The number of rotatable bonds is 9. The van der Waals surface area contributed by atoms with E-state index in [1.807, 2.05) is 0 Å². The first-order chi connectivity index (χ1) is 9.50. The Hall–Kier alpha value is -1.91. The number of carboxylic acid groups (broad SMARTS) is 2. The van der Waals surface area contributed by atoms with Crippen LogP contribution in [-0.2, 0) is 9.59 Å². The van der Waals surface area contributed by atoms with Gasteiger partial charge in [0.25, 0.3) is 0 Å². The fraction of sp³-hybridized carbons (Fsp3) is 0.467. The first-order valence-corrected chi connectivity index (χ1v) is 6.70. The van der Waals surface area contributed by atoms with Gasteiger partial charge in [-0.3, -0.25) is 9.59 Å². The fourth-order valence-corrected chi connectivity index (χ4v) is 2.11. The molecular weight excluding hydrogens is 263 g/mol. The summed E-state index contributed by atoms with van der Waals surface area (Å²) in [5.74, 6) is -2.73. The lowest BCUT2D eigenvalue weighted by molar-refractivity contribution is -0.139. The van der Waals surface area contributed by atoms with Crippen molar-refractivity contribution >= 4 is 11.9 Å². The Morgan fingerprint density at radius 1 is 1.00 bits per heavy atom. The Morgan fingerprint density at radius 3 is 2.15 bits per heavy atom. The molecule has 0 heterocycles. The molecule has 1 aromatic rings. The second-order valence-electron chi connectivity index (χ2n) is 4.79. The Bertz CT molecular complexity index is 442. The fourth-order valence-electron chi connectivity index (χ4n) is 2.11. The molecule has 0 amide bonds. The van der Waals surface area contributed by atoms with Crippen molar-refractivity contribution in [2.24, 2.45) is 0 Å². The molecule has 1 atom stereocenters. The van der Waals surface area contributed by atoms with Gasteiger partial charge in [-0.15, -0.1) is 0 Å². The Balaban J connectivity index is 2.39. The molecule has 20 heavy (non-hydrogen) atoms. The standard InChI is InChI=1S/C15H19FO4/c16-12-9-7-11(8-10-12)13(15(19)20)5-3-1-2-4-6-14(17)18/h7-10,13H,1-6H2,(H,17,18)(H,19,20). The molecule has 5 heteroatoms. The molecule has 0 aliphatic heterocycles. The molecule has 0 aromatic heterocycles. The van der Waals surface area contributed by atoms with Gasteiger partial charge in [-0.25, -0.2) is 4.39 Å². The van der Waals surface area contributed by atoms with E-state index >= 15 is 0 Å². The van der Waals surface area contributed by atoms with Gasteiger partial charge in [0.05, 0.1) is 5.92 Å². The Kier molecular flexibility index (Phi) is 6.70. The van der Waals surface area contributed by atoms with Gasteiger partial charge in [0, 0.05) is 6.42 Å². The van der Waals surface area contributed by atoms with Gasteiger partial charge in [0.15, 0.2) is 0 Å². The molecule has 0 fully saturated rings. The highest BCUT2D eigenvalue weighted by Gasteiger charge is 2.19. The van der Waals surface area contributed by atoms with Crippen LogP contribution in [0.3, 0.4) is 0 Å². The van der Waals surface area contributed by atoms with Crippen LogP contribution < -0.4 is 0 Å². The second kappa shape index (κ2) is 8.30. The highest BCUT2D eigenvalue weighted by Crippen LogP contribution is 2.23. The van der Waals surface area contributed by atoms with Gasteiger partial charge >= 0.3 is 11.9 Å². The third-order valence-electron chi connectivity index (χ3n) is 3.20. The van der Waals surface area contributed by atoms with Crippen LogP contribution in [0.4, 0.5) is 4.39 Å². The van der Waals surface area contributed by atoms with Crippen LogP contribution in [0.15, 0.2) is 24.3 Å². The third-order valence-corrected chi connectivity index (χ3v) is 3.20. The zero-order valence-electron chi connectivity index (χ0n) is 11.2. The minimum atomic E-state index is -0.915. The first-order valence-electron chi connectivity index (χ1n) is 6.70. The molecular formula is C15H19FO4. The number of halogens is 1. The molecule has 0 spiro atoms. The second-order valence-corrected chi connectivity index (χ2v) is 4.79. The average Bonchev–Trinajstić information content (AvgIpc) is 2.38. The van der Waals surface area contributed by atoms with E-state index in [2.05, 4.69) is 0 Å². The lowest BCUT2D eigenvalue weighted by Crippen LogP contribution is -2.11. The number of hydrogen-bond acceptors (Lipinski definition) is 2. The van der Waals surface area contributed by atoms with Gasteiger partial charge < -0.3 is 10.2 Å². The number of carbonyl (C=O) groups is 2. The summed E-state index contributed by atoms with van der Waals surface area (Å²) in [4.78, 5) is 21.6. The molecule has 0 saturated heterocycles. The largest absolute Gasteiger partial charge is 0.481 e. The maximum atomic E-state index is 12.8. The van der Waals surface area contributed by atoms with Crippen LogP contribution in [0.1, 0.15) is 50.0 Å². The molecule has 1 rings (SSSR count). The summed E-state index contributed by atoms with van der Waals surface area (Å²) in [5.41, 5.74) is 0.601. The smallest absolute Gasteiger partial charge is 0.310 e. The van der Waals surface area contributed by atoms with Gasteiger partial charge in [-0.05, 0) is 30.5 Å². The first kappa shape index (κ1) is 16.1. The van der Waals surface area contributed by atoms with E-state index in [9.17, 15) is 19.1 Å². The molecule has 2 N–H and O–H groups in total. The number of aliphatic carboxylic acids is 2. The molecule has 0 bridgehead atoms. The maximum absolute atomic E-state index is 12.8. The minimum absolute atomic E-state index is 0.153.